The molecule has 82 valence electrons. The predicted octanol–water partition coefficient (Wildman–Crippen LogP) is 2.60. The SMILES string of the molecule is N#Cc1cc(Br)ccc1NC(=O)NC1CC1. The summed E-state index contributed by atoms with van der Waals surface area (Å²) in [4.78, 5) is 11.5. The standard InChI is InChI=1S/C11H10BrN3O/c12-8-1-4-10(7(5-8)6-13)15-11(16)14-9-2-3-9/h1,4-5,9H,2-3H2,(H2,14,15,16). The van der Waals surface area contributed by atoms with Crippen LogP contribution in [0.2, 0.25) is 0 Å². The van der Waals surface area contributed by atoms with Gasteiger partial charge in [0.1, 0.15) is 6.07 Å². The van der Waals surface area contributed by atoms with Gasteiger partial charge in [-0.3, -0.25) is 0 Å². The third-order valence-electron chi connectivity index (χ3n) is 2.26. The molecule has 2 rings (SSSR count). The summed E-state index contributed by atoms with van der Waals surface area (Å²) >= 11 is 3.27. The van der Waals surface area contributed by atoms with Crippen LogP contribution in [-0.2, 0) is 0 Å². The third-order valence-corrected chi connectivity index (χ3v) is 2.76. The smallest absolute Gasteiger partial charge is 0.319 e. The first-order valence-electron chi connectivity index (χ1n) is 4.96. The topological polar surface area (TPSA) is 64.9 Å². The zero-order valence-corrected chi connectivity index (χ0v) is 10.0. The minimum Gasteiger partial charge on any atom is -0.335 e. The maximum atomic E-state index is 11.5. The van der Waals surface area contributed by atoms with E-state index in [4.69, 9.17) is 5.26 Å². The van der Waals surface area contributed by atoms with E-state index in [-0.39, 0.29) is 6.03 Å². The fraction of sp³-hybridized carbons (Fsp3) is 0.273. The highest BCUT2D eigenvalue weighted by atomic mass is 79.9. The molecule has 1 aromatic rings. The van der Waals surface area contributed by atoms with E-state index < -0.39 is 0 Å². The number of hydrogen-bond donors (Lipinski definition) is 2. The summed E-state index contributed by atoms with van der Waals surface area (Å²) in [6.45, 7) is 0. The second-order valence-corrected chi connectivity index (χ2v) is 4.59. The molecule has 5 heteroatoms. The number of carbonyl (C=O) groups excluding carboxylic acids is 1. The van der Waals surface area contributed by atoms with Crippen molar-refractivity contribution < 1.29 is 4.79 Å². The number of anilines is 1. The lowest BCUT2D eigenvalue weighted by molar-refractivity contribution is 0.251. The summed E-state index contributed by atoms with van der Waals surface area (Å²) in [6, 6.07) is 7.26. The number of halogens is 1. The van der Waals surface area contributed by atoms with Gasteiger partial charge in [0, 0.05) is 10.5 Å². The molecule has 4 nitrogen and oxygen atoms in total. The molecule has 0 aliphatic heterocycles. The molecule has 0 aromatic heterocycles. The first-order chi connectivity index (χ1) is 7.69. The van der Waals surface area contributed by atoms with Crippen LogP contribution in [-0.4, -0.2) is 12.1 Å². The van der Waals surface area contributed by atoms with Gasteiger partial charge in [-0.25, -0.2) is 4.79 Å². The van der Waals surface area contributed by atoms with Crippen LogP contribution in [0.25, 0.3) is 0 Å². The Morgan fingerprint density at radius 2 is 2.25 bits per heavy atom. The van der Waals surface area contributed by atoms with E-state index in [1.165, 1.54) is 0 Å². The van der Waals surface area contributed by atoms with Gasteiger partial charge in [-0.1, -0.05) is 15.9 Å². The van der Waals surface area contributed by atoms with E-state index in [0.717, 1.165) is 17.3 Å². The molecule has 1 aromatic carbocycles. The van der Waals surface area contributed by atoms with Crippen molar-refractivity contribution in [3.05, 3.63) is 28.2 Å². The van der Waals surface area contributed by atoms with E-state index in [1.807, 2.05) is 6.07 Å². The Labute approximate surface area is 102 Å². The number of benzene rings is 1. The van der Waals surface area contributed by atoms with Crippen LogP contribution in [0.1, 0.15) is 18.4 Å². The van der Waals surface area contributed by atoms with E-state index in [1.54, 1.807) is 18.2 Å². The second-order valence-electron chi connectivity index (χ2n) is 3.67. The van der Waals surface area contributed by atoms with Gasteiger partial charge in [0.2, 0.25) is 0 Å². The van der Waals surface area contributed by atoms with Crippen molar-refractivity contribution in [2.45, 2.75) is 18.9 Å². The molecule has 1 aliphatic rings. The van der Waals surface area contributed by atoms with E-state index in [9.17, 15) is 4.79 Å². The molecule has 2 amide bonds. The molecule has 0 radical (unpaired) electrons. The summed E-state index contributed by atoms with van der Waals surface area (Å²) in [7, 11) is 0. The number of nitrogens with zero attached hydrogens (tertiary/aromatic N) is 1. The van der Waals surface area contributed by atoms with Gasteiger partial charge in [-0.15, -0.1) is 0 Å². The van der Waals surface area contributed by atoms with E-state index >= 15 is 0 Å². The lowest BCUT2D eigenvalue weighted by Gasteiger charge is -2.08. The molecule has 2 N–H and O–H groups in total. The van der Waals surface area contributed by atoms with Crippen molar-refractivity contribution in [3.8, 4) is 6.07 Å². The van der Waals surface area contributed by atoms with Gasteiger partial charge < -0.3 is 10.6 Å². The summed E-state index contributed by atoms with van der Waals surface area (Å²) in [5.74, 6) is 0. The highest BCUT2D eigenvalue weighted by Crippen LogP contribution is 2.21. The zero-order chi connectivity index (χ0) is 11.5. The third kappa shape index (κ3) is 2.74. The fourth-order valence-corrected chi connectivity index (χ4v) is 1.65. The van der Waals surface area contributed by atoms with E-state index in [0.29, 0.717) is 17.3 Å². The van der Waals surface area contributed by atoms with Gasteiger partial charge in [0.05, 0.1) is 11.3 Å². The molecular weight excluding hydrogens is 270 g/mol. The van der Waals surface area contributed by atoms with E-state index in [2.05, 4.69) is 26.6 Å². The zero-order valence-electron chi connectivity index (χ0n) is 8.46. The molecule has 0 atom stereocenters. The van der Waals surface area contributed by atoms with Gasteiger partial charge in [-0.2, -0.15) is 5.26 Å². The Balaban J connectivity index is 2.08. The van der Waals surface area contributed by atoms with Crippen molar-refractivity contribution in [3.63, 3.8) is 0 Å². The number of carbonyl (C=O) groups is 1. The Morgan fingerprint density at radius 3 is 2.88 bits per heavy atom. The van der Waals surface area contributed by atoms with Crippen LogP contribution in [0, 0.1) is 11.3 Å². The molecule has 0 spiro atoms. The monoisotopic (exact) mass is 279 g/mol. The Bertz CT molecular complexity index is 463. The number of nitrogens with one attached hydrogen (secondary N) is 2. The van der Waals surface area contributed by atoms with Crippen LogP contribution in [0.3, 0.4) is 0 Å². The summed E-state index contributed by atoms with van der Waals surface area (Å²) in [5.41, 5.74) is 0.976. The Kier molecular flexibility index (Phi) is 3.11. The van der Waals surface area contributed by atoms with Gasteiger partial charge in [-0.05, 0) is 31.0 Å². The predicted molar refractivity (Wildman–Crippen MR) is 64.0 cm³/mol. The Morgan fingerprint density at radius 1 is 1.50 bits per heavy atom. The largest absolute Gasteiger partial charge is 0.335 e. The lowest BCUT2D eigenvalue weighted by atomic mass is 10.2. The van der Waals surface area contributed by atoms with Gasteiger partial charge in [0.15, 0.2) is 0 Å². The summed E-state index contributed by atoms with van der Waals surface area (Å²) < 4.78 is 0.817. The number of amides is 2. The number of rotatable bonds is 2. The second kappa shape index (κ2) is 4.54. The number of urea groups is 1. The summed E-state index contributed by atoms with van der Waals surface area (Å²) in [5, 5.41) is 14.4. The van der Waals surface area contributed by atoms with Crippen LogP contribution in [0.15, 0.2) is 22.7 Å². The summed E-state index contributed by atoms with van der Waals surface area (Å²) in [6.07, 6.45) is 2.08. The highest BCUT2D eigenvalue weighted by Gasteiger charge is 2.23. The van der Waals surface area contributed by atoms with Crippen molar-refractivity contribution >= 4 is 27.6 Å². The normalized spacial score (nSPS) is 14.0. The van der Waals surface area contributed by atoms with Crippen LogP contribution in [0.5, 0.6) is 0 Å². The molecule has 1 saturated carbocycles. The van der Waals surface area contributed by atoms with Gasteiger partial charge >= 0.3 is 6.03 Å². The first kappa shape index (κ1) is 11.0. The maximum Gasteiger partial charge on any atom is 0.319 e. The molecular formula is C11H10BrN3O. The van der Waals surface area contributed by atoms with Crippen LogP contribution < -0.4 is 10.6 Å². The lowest BCUT2D eigenvalue weighted by Crippen LogP contribution is -2.30. The highest BCUT2D eigenvalue weighted by molar-refractivity contribution is 9.10. The first-order valence-corrected chi connectivity index (χ1v) is 5.75. The van der Waals surface area contributed by atoms with Crippen molar-refractivity contribution in [2.75, 3.05) is 5.32 Å². The van der Waals surface area contributed by atoms with Gasteiger partial charge in [0.25, 0.3) is 0 Å². The van der Waals surface area contributed by atoms with Crippen LogP contribution >= 0.6 is 15.9 Å². The van der Waals surface area contributed by atoms with Crippen molar-refractivity contribution in [2.24, 2.45) is 0 Å². The quantitative estimate of drug-likeness (QED) is 0.874. The van der Waals surface area contributed by atoms with Crippen molar-refractivity contribution in [1.82, 2.24) is 5.32 Å². The molecule has 16 heavy (non-hydrogen) atoms. The average molecular weight is 280 g/mol. The van der Waals surface area contributed by atoms with Crippen LogP contribution in [0.4, 0.5) is 10.5 Å². The number of hydrogen-bond acceptors (Lipinski definition) is 2. The molecule has 0 saturated heterocycles. The molecule has 0 unspecified atom stereocenters. The average Bonchev–Trinajstić information content (AvgIpc) is 3.04. The minimum atomic E-state index is -0.249. The molecule has 0 bridgehead atoms. The van der Waals surface area contributed by atoms with Crippen molar-refractivity contribution in [1.29, 1.82) is 5.26 Å². The number of nitriles is 1. The molecule has 1 fully saturated rings. The fourth-order valence-electron chi connectivity index (χ4n) is 1.29. The minimum absolute atomic E-state index is 0.249. The molecule has 0 heterocycles. The molecule has 1 aliphatic carbocycles. The maximum absolute atomic E-state index is 11.5. The Hall–Kier alpha value is -1.54.